The van der Waals surface area contributed by atoms with Crippen molar-refractivity contribution in [2.45, 2.75) is 79.8 Å². The number of ether oxygens (including phenoxy) is 1. The van der Waals surface area contributed by atoms with E-state index in [9.17, 15) is 0 Å². The molecule has 94 valence electrons. The molecule has 1 unspecified atom stereocenters. The molecular formula is C14H32O. The maximum Gasteiger partial charge on any atom is 0.0575 e. The minimum atomic E-state index is 0.601. The highest BCUT2D eigenvalue weighted by molar-refractivity contribution is 4.61. The van der Waals surface area contributed by atoms with Crippen LogP contribution >= 0.6 is 0 Å². The SMILES string of the molecule is CC.CC(C)C.CCCC1CCCCO1. The lowest BCUT2D eigenvalue weighted by molar-refractivity contribution is 0.0109. The van der Waals surface area contributed by atoms with Crippen molar-refractivity contribution in [2.75, 3.05) is 6.61 Å². The van der Waals surface area contributed by atoms with E-state index in [0.29, 0.717) is 6.10 Å². The standard InChI is InChI=1S/C8H16O.C4H10.C2H6/c1-2-5-8-6-3-4-7-9-8;1-4(2)3;1-2/h8H,2-7H2,1H3;4H,1-3H3;1-2H3. The van der Waals surface area contributed by atoms with Crippen LogP contribution in [0.1, 0.15) is 73.6 Å². The van der Waals surface area contributed by atoms with E-state index < -0.39 is 0 Å². The molecule has 0 saturated carbocycles. The van der Waals surface area contributed by atoms with Crippen LogP contribution in [0.5, 0.6) is 0 Å². The van der Waals surface area contributed by atoms with Crippen LogP contribution in [0, 0.1) is 5.92 Å². The Hall–Kier alpha value is -0.0400. The van der Waals surface area contributed by atoms with Crippen LogP contribution in [0.15, 0.2) is 0 Å². The first-order valence-corrected chi connectivity index (χ1v) is 6.78. The first-order chi connectivity index (χ1) is 7.16. The summed E-state index contributed by atoms with van der Waals surface area (Å²) in [6.45, 7) is 13.7. The van der Waals surface area contributed by atoms with Gasteiger partial charge in [-0.15, -0.1) is 0 Å². The fourth-order valence-corrected chi connectivity index (χ4v) is 1.36. The van der Waals surface area contributed by atoms with Crippen molar-refractivity contribution in [2.24, 2.45) is 5.92 Å². The van der Waals surface area contributed by atoms with Gasteiger partial charge in [-0.2, -0.15) is 0 Å². The van der Waals surface area contributed by atoms with Gasteiger partial charge >= 0.3 is 0 Å². The second-order valence-electron chi connectivity index (χ2n) is 4.51. The molecule has 0 aromatic carbocycles. The molecule has 1 rings (SSSR count). The number of hydrogen-bond donors (Lipinski definition) is 0. The normalized spacial score (nSPS) is 19.8. The molecule has 1 nitrogen and oxygen atoms in total. The minimum absolute atomic E-state index is 0.601. The molecule has 1 heterocycles. The van der Waals surface area contributed by atoms with Crippen molar-refractivity contribution in [3.05, 3.63) is 0 Å². The maximum absolute atomic E-state index is 5.52. The van der Waals surface area contributed by atoms with Gasteiger partial charge in [-0.25, -0.2) is 0 Å². The first-order valence-electron chi connectivity index (χ1n) is 6.78. The summed E-state index contributed by atoms with van der Waals surface area (Å²) in [6, 6.07) is 0. The lowest BCUT2D eigenvalue weighted by Gasteiger charge is -2.21. The Kier molecular flexibility index (Phi) is 16.2. The van der Waals surface area contributed by atoms with Gasteiger partial charge in [0.1, 0.15) is 0 Å². The average molecular weight is 216 g/mol. The third-order valence-corrected chi connectivity index (χ3v) is 1.88. The van der Waals surface area contributed by atoms with E-state index in [1.165, 1.54) is 32.1 Å². The lowest BCUT2D eigenvalue weighted by atomic mass is 10.1. The molecule has 0 spiro atoms. The summed E-state index contributed by atoms with van der Waals surface area (Å²) in [5.41, 5.74) is 0. The second-order valence-corrected chi connectivity index (χ2v) is 4.51. The third kappa shape index (κ3) is 16.6. The molecule has 0 aromatic rings. The van der Waals surface area contributed by atoms with Crippen molar-refractivity contribution < 1.29 is 4.74 Å². The zero-order chi connectivity index (χ0) is 12.1. The molecule has 15 heavy (non-hydrogen) atoms. The van der Waals surface area contributed by atoms with E-state index >= 15 is 0 Å². The van der Waals surface area contributed by atoms with E-state index in [-0.39, 0.29) is 0 Å². The Balaban J connectivity index is 0. The van der Waals surface area contributed by atoms with E-state index in [4.69, 9.17) is 4.74 Å². The van der Waals surface area contributed by atoms with Crippen molar-refractivity contribution >= 4 is 0 Å². The van der Waals surface area contributed by atoms with Gasteiger partial charge in [0.05, 0.1) is 6.10 Å². The maximum atomic E-state index is 5.52. The molecule has 0 aliphatic carbocycles. The van der Waals surface area contributed by atoms with Crippen LogP contribution in [0.2, 0.25) is 0 Å². The summed E-state index contributed by atoms with van der Waals surface area (Å²) >= 11 is 0. The summed E-state index contributed by atoms with van der Waals surface area (Å²) < 4.78 is 5.52. The first kappa shape index (κ1) is 17.4. The van der Waals surface area contributed by atoms with Gasteiger partial charge in [-0.1, -0.05) is 48.0 Å². The minimum Gasteiger partial charge on any atom is -0.378 e. The summed E-state index contributed by atoms with van der Waals surface area (Å²) in [6.07, 6.45) is 7.09. The molecular weight excluding hydrogens is 184 g/mol. The van der Waals surface area contributed by atoms with Crippen molar-refractivity contribution in [3.63, 3.8) is 0 Å². The topological polar surface area (TPSA) is 9.23 Å². The Morgan fingerprint density at radius 3 is 2.00 bits per heavy atom. The highest BCUT2D eigenvalue weighted by Crippen LogP contribution is 2.16. The molecule has 0 radical (unpaired) electrons. The summed E-state index contributed by atoms with van der Waals surface area (Å²) in [5.74, 6) is 0.833. The Labute approximate surface area is 97.6 Å². The predicted octanol–water partition coefficient (Wildman–Crippen LogP) is 5.04. The second kappa shape index (κ2) is 14.0. The van der Waals surface area contributed by atoms with Gasteiger partial charge in [0.2, 0.25) is 0 Å². The smallest absolute Gasteiger partial charge is 0.0575 e. The highest BCUT2D eigenvalue weighted by atomic mass is 16.5. The predicted molar refractivity (Wildman–Crippen MR) is 70.4 cm³/mol. The molecule has 0 N–H and O–H groups in total. The monoisotopic (exact) mass is 216 g/mol. The number of rotatable bonds is 2. The van der Waals surface area contributed by atoms with Gasteiger partial charge in [0, 0.05) is 6.61 Å². The highest BCUT2D eigenvalue weighted by Gasteiger charge is 2.11. The van der Waals surface area contributed by atoms with Crippen LogP contribution in [-0.2, 0) is 4.74 Å². The van der Waals surface area contributed by atoms with Crippen molar-refractivity contribution in [3.8, 4) is 0 Å². The molecule has 0 aromatic heterocycles. The fraction of sp³-hybridized carbons (Fsp3) is 1.00. The van der Waals surface area contributed by atoms with E-state index in [1.807, 2.05) is 13.8 Å². The third-order valence-electron chi connectivity index (χ3n) is 1.88. The van der Waals surface area contributed by atoms with Gasteiger partial charge in [-0.05, 0) is 31.6 Å². The molecule has 0 amide bonds. The lowest BCUT2D eigenvalue weighted by Crippen LogP contribution is -2.18. The largest absolute Gasteiger partial charge is 0.378 e. The summed E-state index contributed by atoms with van der Waals surface area (Å²) in [7, 11) is 0. The Bertz CT molecular complexity index is 88.0. The van der Waals surface area contributed by atoms with Gasteiger partial charge < -0.3 is 4.74 Å². The van der Waals surface area contributed by atoms with Crippen molar-refractivity contribution in [1.29, 1.82) is 0 Å². The Morgan fingerprint density at radius 2 is 1.67 bits per heavy atom. The van der Waals surface area contributed by atoms with Crippen LogP contribution in [0.3, 0.4) is 0 Å². The average Bonchev–Trinajstić information content (AvgIpc) is 2.22. The van der Waals surface area contributed by atoms with E-state index in [2.05, 4.69) is 27.7 Å². The van der Waals surface area contributed by atoms with Crippen LogP contribution < -0.4 is 0 Å². The molecule has 1 saturated heterocycles. The van der Waals surface area contributed by atoms with Crippen LogP contribution in [0.25, 0.3) is 0 Å². The molecule has 1 heteroatoms. The van der Waals surface area contributed by atoms with Gasteiger partial charge in [-0.3, -0.25) is 0 Å². The van der Waals surface area contributed by atoms with Gasteiger partial charge in [0.25, 0.3) is 0 Å². The van der Waals surface area contributed by atoms with Crippen LogP contribution in [-0.4, -0.2) is 12.7 Å². The number of hydrogen-bond acceptors (Lipinski definition) is 1. The quantitative estimate of drug-likeness (QED) is 0.628. The zero-order valence-corrected chi connectivity index (χ0v) is 11.8. The molecule has 1 fully saturated rings. The summed E-state index contributed by atoms with van der Waals surface area (Å²) in [5, 5.41) is 0. The molecule has 0 bridgehead atoms. The van der Waals surface area contributed by atoms with Gasteiger partial charge in [0.15, 0.2) is 0 Å². The zero-order valence-electron chi connectivity index (χ0n) is 11.8. The molecule has 1 atom stereocenters. The van der Waals surface area contributed by atoms with Crippen LogP contribution in [0.4, 0.5) is 0 Å². The molecule has 1 aliphatic heterocycles. The Morgan fingerprint density at radius 1 is 1.13 bits per heavy atom. The van der Waals surface area contributed by atoms with E-state index in [0.717, 1.165) is 12.5 Å². The van der Waals surface area contributed by atoms with E-state index in [1.54, 1.807) is 0 Å². The molecule has 1 aliphatic rings. The fourth-order valence-electron chi connectivity index (χ4n) is 1.36. The van der Waals surface area contributed by atoms with Crippen molar-refractivity contribution in [1.82, 2.24) is 0 Å². The summed E-state index contributed by atoms with van der Waals surface area (Å²) in [4.78, 5) is 0.